The lowest BCUT2D eigenvalue weighted by Crippen LogP contribution is -1.94. The fourth-order valence-electron chi connectivity index (χ4n) is 4.99. The van der Waals surface area contributed by atoms with Crippen LogP contribution in [0.3, 0.4) is 0 Å². The Morgan fingerprint density at radius 1 is 0.717 bits per heavy atom. The third-order valence-electron chi connectivity index (χ3n) is 6.97. The standard InChI is InChI=1S/C31H19Cl2N5S2.C4H6.C2H6/c1-3-16(15-34-2)24-28-26(37-30(32)35-24)20-13-18(9-11-22(20)39-28)19-10-12-23-21(14-19)27-29(40-23)25(36-31(33)38-27)17-7-5-4-6-8-17;1-3-4-2;1-2/h3-15H,1-2H3;3-4H,1-2H2;1-2H3/b16-3+,34-15?;;. The number of rotatable bonds is 5. The summed E-state index contributed by atoms with van der Waals surface area (Å²) in [4.78, 5) is 22.6. The van der Waals surface area contributed by atoms with Crippen molar-refractivity contribution in [3.63, 3.8) is 0 Å². The molecule has 0 bridgehead atoms. The molecule has 7 rings (SSSR count). The molecule has 0 spiro atoms. The predicted molar refractivity (Wildman–Crippen MR) is 204 cm³/mol. The van der Waals surface area contributed by atoms with Gasteiger partial charge in [0, 0.05) is 44.6 Å². The Labute approximate surface area is 286 Å². The molecule has 0 fully saturated rings. The number of allylic oxidation sites excluding steroid dienone is 4. The van der Waals surface area contributed by atoms with Crippen LogP contribution in [0.1, 0.15) is 26.5 Å². The molecule has 46 heavy (non-hydrogen) atoms. The molecule has 0 N–H and O–H groups in total. The molecule has 0 aliphatic heterocycles. The third-order valence-corrected chi connectivity index (χ3v) is 9.64. The summed E-state index contributed by atoms with van der Waals surface area (Å²) in [6.45, 7) is 12.7. The molecule has 9 heteroatoms. The second-order valence-corrected chi connectivity index (χ2v) is 12.4. The second-order valence-electron chi connectivity index (χ2n) is 9.63. The lowest BCUT2D eigenvalue weighted by molar-refractivity contribution is 1.21. The Morgan fingerprint density at radius 3 is 1.80 bits per heavy atom. The van der Waals surface area contributed by atoms with Gasteiger partial charge in [0.1, 0.15) is 0 Å². The average Bonchev–Trinajstić information content (AvgIpc) is 3.65. The summed E-state index contributed by atoms with van der Waals surface area (Å²) >= 11 is 16.2. The molecule has 4 heterocycles. The van der Waals surface area contributed by atoms with E-state index in [9.17, 15) is 0 Å². The first-order chi connectivity index (χ1) is 22.4. The van der Waals surface area contributed by atoms with Crippen LogP contribution in [0.15, 0.2) is 103 Å². The molecule has 0 atom stereocenters. The quantitative estimate of drug-likeness (QED) is 0.103. The molecule has 3 aromatic carbocycles. The highest BCUT2D eigenvalue weighted by Gasteiger charge is 2.18. The first-order valence-corrected chi connectivity index (χ1v) is 17.0. The normalized spacial score (nSPS) is 11.5. The van der Waals surface area contributed by atoms with Crippen LogP contribution >= 0.6 is 45.9 Å². The zero-order valence-electron chi connectivity index (χ0n) is 25.9. The first kappa shape index (κ1) is 33.1. The van der Waals surface area contributed by atoms with E-state index in [4.69, 9.17) is 23.2 Å². The lowest BCUT2D eigenvalue weighted by atomic mass is 10.0. The summed E-state index contributed by atoms with van der Waals surface area (Å²) in [6.07, 6.45) is 7.06. The largest absolute Gasteiger partial charge is 0.296 e. The van der Waals surface area contributed by atoms with Gasteiger partial charge in [-0.2, -0.15) is 0 Å². The van der Waals surface area contributed by atoms with E-state index < -0.39 is 0 Å². The highest BCUT2D eigenvalue weighted by Crippen LogP contribution is 2.42. The Balaban J connectivity index is 0.000000647. The van der Waals surface area contributed by atoms with Gasteiger partial charge < -0.3 is 0 Å². The molecule has 230 valence electrons. The summed E-state index contributed by atoms with van der Waals surface area (Å²) < 4.78 is 4.27. The van der Waals surface area contributed by atoms with Gasteiger partial charge in [-0.3, -0.25) is 4.99 Å². The summed E-state index contributed by atoms with van der Waals surface area (Å²) in [5.41, 5.74) is 7.44. The minimum absolute atomic E-state index is 0.216. The Morgan fingerprint density at radius 2 is 1.26 bits per heavy atom. The number of fused-ring (bicyclic) bond motifs is 6. The number of nitrogens with zero attached hydrogens (tertiary/aromatic N) is 5. The van der Waals surface area contributed by atoms with E-state index in [0.29, 0.717) is 0 Å². The number of thiophene rings is 2. The van der Waals surface area contributed by atoms with Gasteiger partial charge in [-0.1, -0.05) is 87.7 Å². The maximum Gasteiger partial charge on any atom is 0.223 e. The van der Waals surface area contributed by atoms with Crippen LogP contribution in [0.25, 0.3) is 68.6 Å². The van der Waals surface area contributed by atoms with Crippen LogP contribution in [0, 0.1) is 0 Å². The van der Waals surface area contributed by atoms with Gasteiger partial charge in [0.05, 0.1) is 31.8 Å². The van der Waals surface area contributed by atoms with Crippen molar-refractivity contribution in [2.75, 3.05) is 7.05 Å². The summed E-state index contributed by atoms with van der Waals surface area (Å²) in [5.74, 6) is 0. The van der Waals surface area contributed by atoms with Crippen LogP contribution in [0.5, 0.6) is 0 Å². The number of aromatic nitrogens is 4. The highest BCUT2D eigenvalue weighted by molar-refractivity contribution is 7.26. The van der Waals surface area contributed by atoms with Gasteiger partial charge in [-0.15, -0.1) is 22.7 Å². The van der Waals surface area contributed by atoms with Crippen LogP contribution < -0.4 is 0 Å². The van der Waals surface area contributed by atoms with E-state index in [-0.39, 0.29) is 10.6 Å². The van der Waals surface area contributed by atoms with Gasteiger partial charge in [0.2, 0.25) is 10.6 Å². The van der Waals surface area contributed by atoms with Crippen molar-refractivity contribution in [1.82, 2.24) is 19.9 Å². The van der Waals surface area contributed by atoms with Gasteiger partial charge in [0.15, 0.2) is 0 Å². The zero-order valence-corrected chi connectivity index (χ0v) is 29.0. The molecule has 0 saturated heterocycles. The molecular weight excluding hydrogens is 649 g/mol. The Hall–Kier alpha value is -4.27. The number of hydrogen-bond acceptors (Lipinski definition) is 7. The van der Waals surface area contributed by atoms with E-state index in [1.807, 2.05) is 57.2 Å². The molecule has 0 radical (unpaired) electrons. The van der Waals surface area contributed by atoms with Crippen molar-refractivity contribution in [2.45, 2.75) is 20.8 Å². The van der Waals surface area contributed by atoms with E-state index in [2.05, 4.69) is 74.5 Å². The molecule has 0 saturated carbocycles. The molecule has 5 nitrogen and oxygen atoms in total. The molecular formula is C37H31Cl2N5S2. The molecule has 0 amide bonds. The minimum Gasteiger partial charge on any atom is -0.296 e. The van der Waals surface area contributed by atoms with E-state index in [1.165, 1.54) is 0 Å². The zero-order chi connectivity index (χ0) is 32.8. The average molecular weight is 681 g/mol. The van der Waals surface area contributed by atoms with E-state index >= 15 is 0 Å². The molecule has 7 aromatic rings. The summed E-state index contributed by atoms with van der Waals surface area (Å²) in [5, 5.41) is 2.55. The predicted octanol–water partition coefficient (Wildman–Crippen LogP) is 12.1. The number of aliphatic imine (C=N–C) groups is 1. The number of hydrogen-bond donors (Lipinski definition) is 0. The van der Waals surface area contributed by atoms with Crippen LogP contribution in [-0.2, 0) is 0 Å². The number of halogens is 2. The van der Waals surface area contributed by atoms with E-state index in [0.717, 1.165) is 74.3 Å². The lowest BCUT2D eigenvalue weighted by Gasteiger charge is -2.05. The molecule has 0 unspecified atom stereocenters. The Kier molecular flexibility index (Phi) is 10.7. The smallest absolute Gasteiger partial charge is 0.223 e. The van der Waals surface area contributed by atoms with Crippen LogP contribution in [0.4, 0.5) is 0 Å². The highest BCUT2D eigenvalue weighted by atomic mass is 35.5. The fraction of sp³-hybridized carbons (Fsp3) is 0.108. The SMILES string of the molecule is C/C=C(\C=NC)c1nc(Cl)nc2c1sc1ccc(-c3ccc4sc5c(-c6ccccc6)nc(Cl)nc5c4c3)cc12.C=CC=C.CC. The summed E-state index contributed by atoms with van der Waals surface area (Å²) in [6, 6.07) is 23.0. The maximum atomic E-state index is 6.42. The van der Waals surface area contributed by atoms with Gasteiger partial charge >= 0.3 is 0 Å². The topological polar surface area (TPSA) is 63.9 Å². The fourth-order valence-corrected chi connectivity index (χ4v) is 7.60. The maximum absolute atomic E-state index is 6.42. The molecule has 0 aliphatic carbocycles. The Bertz CT molecular complexity index is 2260. The van der Waals surface area contributed by atoms with Crippen LogP contribution in [0.2, 0.25) is 10.6 Å². The summed E-state index contributed by atoms with van der Waals surface area (Å²) in [7, 11) is 1.75. The van der Waals surface area contributed by atoms with Crippen molar-refractivity contribution in [3.8, 4) is 22.4 Å². The number of benzene rings is 3. The van der Waals surface area contributed by atoms with Gasteiger partial charge in [-0.05, 0) is 65.5 Å². The first-order valence-electron chi connectivity index (χ1n) is 14.6. The third kappa shape index (κ3) is 6.50. The van der Waals surface area contributed by atoms with Crippen molar-refractivity contribution in [3.05, 3.63) is 114 Å². The van der Waals surface area contributed by atoms with E-state index in [1.54, 1.807) is 48.1 Å². The monoisotopic (exact) mass is 679 g/mol. The van der Waals surface area contributed by atoms with Crippen molar-refractivity contribution in [1.29, 1.82) is 0 Å². The molecule has 4 aromatic heterocycles. The van der Waals surface area contributed by atoms with Crippen molar-refractivity contribution >= 4 is 98.3 Å². The molecule has 0 aliphatic rings. The van der Waals surface area contributed by atoms with Crippen LogP contribution in [-0.4, -0.2) is 33.2 Å². The van der Waals surface area contributed by atoms with Crippen molar-refractivity contribution in [2.24, 2.45) is 4.99 Å². The van der Waals surface area contributed by atoms with Crippen molar-refractivity contribution < 1.29 is 0 Å². The second kappa shape index (κ2) is 14.9. The van der Waals surface area contributed by atoms with Gasteiger partial charge in [-0.25, -0.2) is 19.9 Å². The minimum atomic E-state index is 0.216. The van der Waals surface area contributed by atoms with Gasteiger partial charge in [0.25, 0.3) is 0 Å².